The first-order chi connectivity index (χ1) is 9.88. The molecule has 1 aliphatic rings. The molecule has 112 valence electrons. The lowest BCUT2D eigenvalue weighted by atomic mass is 10.0. The van der Waals surface area contributed by atoms with E-state index < -0.39 is 11.8 Å². The molecule has 2 rings (SSSR count). The third kappa shape index (κ3) is 3.38. The summed E-state index contributed by atoms with van der Waals surface area (Å²) >= 11 is 0. The Bertz CT molecular complexity index is 568. The van der Waals surface area contributed by atoms with E-state index in [9.17, 15) is 14.4 Å². The Kier molecular flexibility index (Phi) is 4.23. The van der Waals surface area contributed by atoms with Crippen molar-refractivity contribution in [2.24, 2.45) is 17.4 Å². The molecule has 7 heteroatoms. The summed E-state index contributed by atoms with van der Waals surface area (Å²) in [6, 6.07) is 3.86. The summed E-state index contributed by atoms with van der Waals surface area (Å²) in [5, 5.41) is 5.79. The van der Waals surface area contributed by atoms with Crippen LogP contribution in [0.25, 0.3) is 0 Å². The Balaban J connectivity index is 2.24. The third-order valence-electron chi connectivity index (χ3n) is 3.59. The molecule has 3 amide bonds. The van der Waals surface area contributed by atoms with Gasteiger partial charge in [0, 0.05) is 16.8 Å². The Hall–Kier alpha value is -2.41. The predicted octanol–water partition coefficient (Wildman–Crippen LogP) is -0.179. The van der Waals surface area contributed by atoms with Gasteiger partial charge in [0.25, 0.3) is 0 Å². The van der Waals surface area contributed by atoms with Crippen LogP contribution in [0.2, 0.25) is 0 Å². The number of amides is 3. The molecule has 1 fully saturated rings. The molecular formula is C14H18N4O3. The van der Waals surface area contributed by atoms with Crippen molar-refractivity contribution < 1.29 is 14.4 Å². The maximum atomic E-state index is 12.2. The van der Waals surface area contributed by atoms with Crippen molar-refractivity contribution in [3.63, 3.8) is 0 Å². The highest BCUT2D eigenvalue weighted by Gasteiger charge is 2.29. The van der Waals surface area contributed by atoms with Gasteiger partial charge < -0.3 is 22.1 Å². The zero-order chi connectivity index (χ0) is 15.6. The Morgan fingerprint density at radius 2 is 1.71 bits per heavy atom. The number of nitrogens with two attached hydrogens (primary N) is 2. The molecule has 7 nitrogen and oxygen atoms in total. The summed E-state index contributed by atoms with van der Waals surface area (Å²) in [6.07, 6.45) is 0.923. The molecular weight excluding hydrogens is 272 g/mol. The fourth-order valence-electron chi connectivity index (χ4n) is 2.39. The van der Waals surface area contributed by atoms with E-state index in [1.54, 1.807) is 0 Å². The number of benzene rings is 1. The first kappa shape index (κ1) is 15.0. The predicted molar refractivity (Wildman–Crippen MR) is 77.7 cm³/mol. The Morgan fingerprint density at radius 3 is 2.14 bits per heavy atom. The maximum absolute atomic E-state index is 12.2. The summed E-state index contributed by atoms with van der Waals surface area (Å²) in [5.41, 5.74) is 11.0. The first-order valence-electron chi connectivity index (χ1n) is 6.67. The van der Waals surface area contributed by atoms with E-state index in [4.69, 9.17) is 11.5 Å². The molecule has 1 saturated heterocycles. The van der Waals surface area contributed by atoms with Crippen LogP contribution in [0.5, 0.6) is 0 Å². The van der Waals surface area contributed by atoms with Gasteiger partial charge in [-0.15, -0.1) is 0 Å². The molecule has 0 spiro atoms. The Labute approximate surface area is 122 Å². The van der Waals surface area contributed by atoms with E-state index in [2.05, 4.69) is 10.6 Å². The molecule has 21 heavy (non-hydrogen) atoms. The van der Waals surface area contributed by atoms with E-state index >= 15 is 0 Å². The number of nitrogens with one attached hydrogen (secondary N) is 2. The molecule has 1 heterocycles. The van der Waals surface area contributed by atoms with Crippen molar-refractivity contribution >= 4 is 23.4 Å². The number of rotatable bonds is 4. The average Bonchev–Trinajstić information content (AvgIpc) is 2.84. The second-order valence-corrected chi connectivity index (χ2v) is 5.21. The number of hydrogen-bond acceptors (Lipinski definition) is 4. The molecule has 0 bridgehead atoms. The Morgan fingerprint density at radius 1 is 1.14 bits per heavy atom. The second-order valence-electron chi connectivity index (χ2n) is 5.21. The molecule has 6 N–H and O–H groups in total. The van der Waals surface area contributed by atoms with Gasteiger partial charge >= 0.3 is 0 Å². The maximum Gasteiger partial charge on any atom is 0.248 e. The van der Waals surface area contributed by atoms with Crippen LogP contribution in [-0.2, 0) is 4.79 Å². The van der Waals surface area contributed by atoms with Crippen molar-refractivity contribution in [1.82, 2.24) is 5.32 Å². The van der Waals surface area contributed by atoms with E-state index in [1.807, 2.05) is 6.92 Å². The van der Waals surface area contributed by atoms with Gasteiger partial charge in [0.2, 0.25) is 17.7 Å². The largest absolute Gasteiger partial charge is 0.366 e. The molecule has 0 saturated carbocycles. The quantitative estimate of drug-likeness (QED) is 0.613. The van der Waals surface area contributed by atoms with Crippen LogP contribution in [0.3, 0.4) is 0 Å². The SMILES string of the molecule is CC1CCNC1C(=O)Nc1cc(C(N)=O)cc(C(N)=O)c1. The molecule has 2 atom stereocenters. The van der Waals surface area contributed by atoms with Crippen molar-refractivity contribution in [2.75, 3.05) is 11.9 Å². The normalized spacial score (nSPS) is 21.0. The van der Waals surface area contributed by atoms with Crippen LogP contribution in [0.1, 0.15) is 34.1 Å². The van der Waals surface area contributed by atoms with E-state index in [-0.39, 0.29) is 29.0 Å². The summed E-state index contributed by atoms with van der Waals surface area (Å²) in [4.78, 5) is 34.7. The molecule has 0 aromatic heterocycles. The lowest BCUT2D eigenvalue weighted by Gasteiger charge is -2.16. The monoisotopic (exact) mass is 290 g/mol. The van der Waals surface area contributed by atoms with Gasteiger partial charge in [0.15, 0.2) is 0 Å². The van der Waals surface area contributed by atoms with Crippen molar-refractivity contribution in [2.45, 2.75) is 19.4 Å². The van der Waals surface area contributed by atoms with Gasteiger partial charge in [0.1, 0.15) is 0 Å². The lowest BCUT2D eigenvalue weighted by Crippen LogP contribution is -2.39. The number of primary amides is 2. The second kappa shape index (κ2) is 5.92. The summed E-state index contributed by atoms with van der Waals surface area (Å²) in [5.74, 6) is -1.38. The minimum Gasteiger partial charge on any atom is -0.366 e. The molecule has 0 aliphatic carbocycles. The van der Waals surface area contributed by atoms with Gasteiger partial charge in [-0.1, -0.05) is 6.92 Å². The fourth-order valence-corrected chi connectivity index (χ4v) is 2.39. The topological polar surface area (TPSA) is 127 Å². The zero-order valence-corrected chi connectivity index (χ0v) is 11.7. The zero-order valence-electron chi connectivity index (χ0n) is 11.7. The van der Waals surface area contributed by atoms with E-state index in [0.717, 1.165) is 13.0 Å². The summed E-state index contributed by atoms with van der Waals surface area (Å²) < 4.78 is 0. The van der Waals surface area contributed by atoms with Crippen LogP contribution >= 0.6 is 0 Å². The van der Waals surface area contributed by atoms with Gasteiger partial charge in [-0.2, -0.15) is 0 Å². The number of hydrogen-bond donors (Lipinski definition) is 4. The van der Waals surface area contributed by atoms with E-state index in [1.165, 1.54) is 18.2 Å². The van der Waals surface area contributed by atoms with Crippen LogP contribution in [0.15, 0.2) is 18.2 Å². The van der Waals surface area contributed by atoms with E-state index in [0.29, 0.717) is 5.69 Å². The van der Waals surface area contributed by atoms with Crippen molar-refractivity contribution in [3.8, 4) is 0 Å². The highest BCUT2D eigenvalue weighted by Crippen LogP contribution is 2.19. The highest BCUT2D eigenvalue weighted by molar-refractivity contribution is 6.02. The number of carbonyl (C=O) groups excluding carboxylic acids is 3. The van der Waals surface area contributed by atoms with Crippen molar-refractivity contribution in [3.05, 3.63) is 29.3 Å². The summed E-state index contributed by atoms with van der Waals surface area (Å²) in [6.45, 7) is 2.77. The molecule has 1 aromatic rings. The minimum atomic E-state index is -0.694. The van der Waals surface area contributed by atoms with Gasteiger partial charge in [-0.25, -0.2) is 0 Å². The summed E-state index contributed by atoms with van der Waals surface area (Å²) in [7, 11) is 0. The number of carbonyl (C=O) groups is 3. The minimum absolute atomic E-state index is 0.119. The fraction of sp³-hybridized carbons (Fsp3) is 0.357. The molecule has 0 radical (unpaired) electrons. The van der Waals surface area contributed by atoms with Crippen LogP contribution in [-0.4, -0.2) is 30.3 Å². The molecule has 1 aromatic carbocycles. The van der Waals surface area contributed by atoms with Crippen molar-refractivity contribution in [1.29, 1.82) is 0 Å². The first-order valence-corrected chi connectivity index (χ1v) is 6.67. The third-order valence-corrected chi connectivity index (χ3v) is 3.59. The highest BCUT2D eigenvalue weighted by atomic mass is 16.2. The smallest absolute Gasteiger partial charge is 0.248 e. The van der Waals surface area contributed by atoms with Gasteiger partial charge in [0.05, 0.1) is 6.04 Å². The lowest BCUT2D eigenvalue weighted by molar-refractivity contribution is -0.118. The van der Waals surface area contributed by atoms with Crippen LogP contribution in [0, 0.1) is 5.92 Å². The molecule has 1 aliphatic heterocycles. The van der Waals surface area contributed by atoms with Gasteiger partial charge in [-0.05, 0) is 37.1 Å². The standard InChI is InChI=1S/C14H18N4O3/c1-7-2-3-17-11(7)14(21)18-10-5-8(12(15)19)4-9(6-10)13(16)20/h4-7,11,17H,2-3H2,1H3,(H2,15,19)(H2,16,20)(H,18,21). The number of anilines is 1. The molecule has 2 unspecified atom stereocenters. The van der Waals surface area contributed by atoms with Gasteiger partial charge in [-0.3, -0.25) is 14.4 Å². The van der Waals surface area contributed by atoms with Crippen LogP contribution < -0.4 is 22.1 Å². The van der Waals surface area contributed by atoms with Crippen LogP contribution in [0.4, 0.5) is 5.69 Å². The average molecular weight is 290 g/mol.